The Hall–Kier alpha value is -2.64. The Balaban J connectivity index is 1.94. The fourth-order valence-electron chi connectivity index (χ4n) is 10.2. The van der Waals surface area contributed by atoms with Crippen molar-refractivity contribution in [3.63, 3.8) is 0 Å². The summed E-state index contributed by atoms with van der Waals surface area (Å²) in [5.74, 6) is -0.201. The number of carbonyl (C=O) groups is 2. The van der Waals surface area contributed by atoms with E-state index in [1.54, 1.807) is 6.08 Å². The highest BCUT2D eigenvalue weighted by Gasteiger charge is 2.44. The molecule has 1 fully saturated rings. The molecule has 0 aromatic heterocycles. The van der Waals surface area contributed by atoms with E-state index in [1.807, 2.05) is 19.1 Å². The highest BCUT2D eigenvalue weighted by Crippen LogP contribution is 2.23. The van der Waals surface area contributed by atoms with Gasteiger partial charge in [0.15, 0.2) is 6.29 Å². The van der Waals surface area contributed by atoms with Gasteiger partial charge in [-0.3, -0.25) is 9.59 Å². The first-order valence-electron chi connectivity index (χ1n) is 33.0. The van der Waals surface area contributed by atoms with Gasteiger partial charge in [-0.25, -0.2) is 0 Å². The van der Waals surface area contributed by atoms with Gasteiger partial charge in [-0.1, -0.05) is 241 Å². The van der Waals surface area contributed by atoms with Gasteiger partial charge in [0.05, 0.1) is 32.0 Å². The van der Waals surface area contributed by atoms with Gasteiger partial charge in [0.25, 0.3) is 0 Å². The van der Waals surface area contributed by atoms with Gasteiger partial charge in [-0.15, -0.1) is 0 Å². The van der Waals surface area contributed by atoms with E-state index in [4.69, 9.17) is 14.2 Å². The Labute approximate surface area is 484 Å². The fourth-order valence-corrected chi connectivity index (χ4v) is 10.2. The van der Waals surface area contributed by atoms with Crippen LogP contribution in [0.4, 0.5) is 0 Å². The number of carbonyl (C=O) groups excluding carboxylic acids is 2. The van der Waals surface area contributed by atoms with Crippen LogP contribution in [0.25, 0.3) is 0 Å². The lowest BCUT2D eigenvalue weighted by atomic mass is 9.99. The molecule has 0 aromatic carbocycles. The maximum Gasteiger partial charge on any atom is 0.305 e. The van der Waals surface area contributed by atoms with Crippen molar-refractivity contribution in [1.29, 1.82) is 0 Å². The van der Waals surface area contributed by atoms with Crippen molar-refractivity contribution >= 4 is 11.9 Å². The Morgan fingerprint density at radius 3 is 1.33 bits per heavy atom. The minimum Gasteiger partial charge on any atom is -0.466 e. The minimum atomic E-state index is -1.58. The normalized spacial score (nSPS) is 18.8. The molecule has 7 unspecified atom stereocenters. The van der Waals surface area contributed by atoms with E-state index in [2.05, 4.69) is 54.8 Å². The van der Waals surface area contributed by atoms with Gasteiger partial charge in [0, 0.05) is 12.8 Å². The topological polar surface area (TPSA) is 175 Å². The molecule has 1 amide bonds. The third kappa shape index (κ3) is 46.5. The number of hydrogen-bond acceptors (Lipinski definition) is 10. The molecule has 460 valence electrons. The predicted molar refractivity (Wildman–Crippen MR) is 329 cm³/mol. The Bertz CT molecular complexity index is 1500. The SMILES string of the molecule is C/C=C/CC/C=C/CC/C=C/C(O)C(COC1OC(CO)C(O)C(O)C1O)NC(=O)CCCCCCCCCCCCCCCC/C=C\CCCCCCCCCCCCCCOC(=O)CCCCCCC/C=C\CCCCC. The summed E-state index contributed by atoms with van der Waals surface area (Å²) in [6.07, 6.45) is 65.3. The summed E-state index contributed by atoms with van der Waals surface area (Å²) >= 11 is 0. The summed E-state index contributed by atoms with van der Waals surface area (Å²) in [5, 5.41) is 54.2. The minimum absolute atomic E-state index is 0.00233. The molecule has 6 N–H and O–H groups in total. The molecule has 0 spiro atoms. The molecule has 1 rings (SSSR count). The first-order chi connectivity index (χ1) is 38.7. The summed E-state index contributed by atoms with van der Waals surface area (Å²) in [4.78, 5) is 25.0. The second-order valence-corrected chi connectivity index (χ2v) is 22.8. The standard InChI is InChI=1S/C68H123NO10/c1-3-5-7-9-11-13-14-36-40-44-48-52-56-64(73)77-57-53-49-45-41-37-34-32-30-28-26-24-22-20-18-16-15-17-19-21-23-25-27-29-31-33-35-39-43-47-51-55-63(72)69-60(61(71)54-50-46-42-38-12-10-8-6-4-2)59-78-68-67(76)66(75)65(74)62(58-70)79-68/h4,6,11-13,16,18,38,50,54,60-62,65-68,70-71,74-76H,3,5,7-10,14-15,17,19-37,39-49,51-53,55-59H2,1-2H3,(H,69,72)/b6-4+,13-11-,18-16-,38-12+,54-50+. The second kappa shape index (κ2) is 57.2. The lowest BCUT2D eigenvalue weighted by molar-refractivity contribution is -0.302. The number of ether oxygens (including phenoxy) is 3. The van der Waals surface area contributed by atoms with Crippen LogP contribution in [-0.2, 0) is 23.8 Å². The highest BCUT2D eigenvalue weighted by molar-refractivity contribution is 5.76. The monoisotopic (exact) mass is 1110 g/mol. The summed E-state index contributed by atoms with van der Waals surface area (Å²) in [5.41, 5.74) is 0. The maximum absolute atomic E-state index is 13.0. The van der Waals surface area contributed by atoms with Crippen LogP contribution >= 0.6 is 0 Å². The summed E-state index contributed by atoms with van der Waals surface area (Å²) in [6, 6.07) is -0.833. The molecule has 1 aliphatic rings. The van der Waals surface area contributed by atoms with Crippen molar-refractivity contribution in [1.82, 2.24) is 5.32 Å². The molecule has 1 saturated heterocycles. The van der Waals surface area contributed by atoms with Crippen LogP contribution in [0, 0.1) is 0 Å². The molecule has 1 aliphatic heterocycles. The van der Waals surface area contributed by atoms with Crippen LogP contribution in [-0.4, -0.2) is 100 Å². The quantitative estimate of drug-likeness (QED) is 0.0195. The molecule has 11 heteroatoms. The number of unbranched alkanes of at least 4 members (excludes halogenated alkanes) is 36. The van der Waals surface area contributed by atoms with Crippen molar-refractivity contribution in [3.05, 3.63) is 60.8 Å². The number of rotatable bonds is 57. The highest BCUT2D eigenvalue weighted by atomic mass is 16.7. The zero-order valence-corrected chi connectivity index (χ0v) is 50.8. The first-order valence-corrected chi connectivity index (χ1v) is 33.0. The van der Waals surface area contributed by atoms with E-state index in [0.29, 0.717) is 19.4 Å². The molecule has 0 aromatic rings. The van der Waals surface area contributed by atoms with Crippen LogP contribution in [0.15, 0.2) is 60.8 Å². The van der Waals surface area contributed by atoms with Gasteiger partial charge in [0.2, 0.25) is 5.91 Å². The van der Waals surface area contributed by atoms with Crippen molar-refractivity contribution in [2.75, 3.05) is 19.8 Å². The Kier molecular flexibility index (Phi) is 53.8. The van der Waals surface area contributed by atoms with Crippen LogP contribution < -0.4 is 5.32 Å². The molecule has 0 radical (unpaired) electrons. The van der Waals surface area contributed by atoms with E-state index in [-0.39, 0.29) is 18.5 Å². The van der Waals surface area contributed by atoms with Gasteiger partial charge in [0.1, 0.15) is 24.4 Å². The van der Waals surface area contributed by atoms with Gasteiger partial charge >= 0.3 is 5.97 Å². The number of aliphatic hydroxyl groups is 5. The van der Waals surface area contributed by atoms with Gasteiger partial charge in [-0.2, -0.15) is 0 Å². The third-order valence-electron chi connectivity index (χ3n) is 15.4. The number of aliphatic hydroxyl groups excluding tert-OH is 5. The van der Waals surface area contributed by atoms with Crippen LogP contribution in [0.1, 0.15) is 296 Å². The molecule has 0 saturated carbocycles. The van der Waals surface area contributed by atoms with E-state index < -0.39 is 49.5 Å². The fraction of sp³-hybridized carbons (Fsp3) is 0.824. The van der Waals surface area contributed by atoms with Crippen LogP contribution in [0.2, 0.25) is 0 Å². The van der Waals surface area contributed by atoms with Crippen LogP contribution in [0.5, 0.6) is 0 Å². The zero-order chi connectivity index (χ0) is 57.3. The van der Waals surface area contributed by atoms with Gasteiger partial charge < -0.3 is 45.1 Å². The van der Waals surface area contributed by atoms with Gasteiger partial charge in [-0.05, 0) is 103 Å². The second-order valence-electron chi connectivity index (χ2n) is 22.8. The predicted octanol–water partition coefficient (Wildman–Crippen LogP) is 16.2. The third-order valence-corrected chi connectivity index (χ3v) is 15.4. The Morgan fingerprint density at radius 2 is 0.873 bits per heavy atom. The summed E-state index contributed by atoms with van der Waals surface area (Å²) < 4.78 is 16.7. The summed E-state index contributed by atoms with van der Waals surface area (Å²) in [6.45, 7) is 4.07. The Morgan fingerprint density at radius 1 is 0.481 bits per heavy atom. The van der Waals surface area contributed by atoms with E-state index in [0.717, 1.165) is 64.2 Å². The van der Waals surface area contributed by atoms with Crippen molar-refractivity contribution in [3.8, 4) is 0 Å². The van der Waals surface area contributed by atoms with Crippen molar-refractivity contribution in [2.45, 2.75) is 339 Å². The molecular formula is C68H123NO10. The average Bonchev–Trinajstić information content (AvgIpc) is 3.46. The molecule has 0 bridgehead atoms. The number of hydrogen-bond donors (Lipinski definition) is 6. The molecule has 79 heavy (non-hydrogen) atoms. The lowest BCUT2D eigenvalue weighted by Gasteiger charge is -2.40. The molecule has 11 nitrogen and oxygen atoms in total. The molecule has 0 aliphatic carbocycles. The smallest absolute Gasteiger partial charge is 0.305 e. The van der Waals surface area contributed by atoms with E-state index in [1.165, 1.54) is 205 Å². The lowest BCUT2D eigenvalue weighted by Crippen LogP contribution is -2.60. The first kappa shape index (κ1) is 74.4. The number of allylic oxidation sites excluding steroid dienone is 9. The molecule has 7 atom stereocenters. The maximum atomic E-state index is 13.0. The number of amides is 1. The number of esters is 1. The molecular weight excluding hydrogens is 991 g/mol. The van der Waals surface area contributed by atoms with Crippen molar-refractivity contribution < 1.29 is 49.3 Å². The number of nitrogens with one attached hydrogen (secondary N) is 1. The summed E-state index contributed by atoms with van der Waals surface area (Å²) in [7, 11) is 0. The van der Waals surface area contributed by atoms with Crippen LogP contribution in [0.3, 0.4) is 0 Å². The zero-order valence-electron chi connectivity index (χ0n) is 50.8. The average molecular weight is 1110 g/mol. The molecule has 1 heterocycles. The van der Waals surface area contributed by atoms with E-state index in [9.17, 15) is 35.1 Å². The van der Waals surface area contributed by atoms with E-state index >= 15 is 0 Å². The largest absolute Gasteiger partial charge is 0.466 e. The van der Waals surface area contributed by atoms with Crippen molar-refractivity contribution in [2.24, 2.45) is 0 Å².